The van der Waals surface area contributed by atoms with Gasteiger partial charge in [0.25, 0.3) is 0 Å². The van der Waals surface area contributed by atoms with Crippen molar-refractivity contribution in [1.82, 2.24) is 0 Å². The predicted molar refractivity (Wildman–Crippen MR) is 74.5 cm³/mol. The van der Waals surface area contributed by atoms with E-state index in [9.17, 15) is 4.79 Å². The second-order valence-corrected chi connectivity index (χ2v) is 5.29. The first kappa shape index (κ1) is 13.1. The van der Waals surface area contributed by atoms with E-state index in [1.807, 2.05) is 17.0 Å². The molecule has 0 spiro atoms. The average molecular weight is 246 g/mol. The molecule has 0 aliphatic heterocycles. The van der Waals surface area contributed by atoms with Crippen LogP contribution >= 0.6 is 0 Å². The monoisotopic (exact) mass is 246 g/mol. The Balaban J connectivity index is 2.16. The summed E-state index contributed by atoms with van der Waals surface area (Å²) in [5, 5.41) is 0. The van der Waals surface area contributed by atoms with Crippen LogP contribution in [0.2, 0.25) is 0 Å². The van der Waals surface area contributed by atoms with Gasteiger partial charge in [-0.25, -0.2) is 0 Å². The third-order valence-corrected chi connectivity index (χ3v) is 3.59. The number of anilines is 1. The van der Waals surface area contributed by atoms with Crippen LogP contribution in [0.5, 0.6) is 0 Å². The summed E-state index contributed by atoms with van der Waals surface area (Å²) < 4.78 is 0. The molecule has 1 aliphatic carbocycles. The molecule has 3 heteroatoms. The molecule has 0 bridgehead atoms. The largest absolute Gasteiger partial charge is 0.330 e. The highest BCUT2D eigenvalue weighted by molar-refractivity contribution is 5.96. The molecule has 0 saturated heterocycles. The average Bonchev–Trinajstić information content (AvgIpc) is 3.07. The van der Waals surface area contributed by atoms with Crippen LogP contribution < -0.4 is 10.6 Å². The van der Waals surface area contributed by atoms with E-state index in [0.717, 1.165) is 25.1 Å². The van der Waals surface area contributed by atoms with Crippen molar-refractivity contribution in [2.24, 2.45) is 17.6 Å². The number of hydrogen-bond donors (Lipinski definition) is 1. The maximum absolute atomic E-state index is 12.4. The molecule has 1 aromatic rings. The Labute approximate surface area is 109 Å². The Hall–Kier alpha value is -1.35. The fourth-order valence-corrected chi connectivity index (χ4v) is 2.28. The number of carbonyl (C=O) groups is 1. The third-order valence-electron chi connectivity index (χ3n) is 3.59. The predicted octanol–water partition coefficient (Wildman–Crippen LogP) is 2.33. The number of hydrogen-bond acceptors (Lipinski definition) is 2. The molecule has 2 atom stereocenters. The lowest BCUT2D eigenvalue weighted by Gasteiger charge is -2.23. The van der Waals surface area contributed by atoms with Gasteiger partial charge in [-0.2, -0.15) is 0 Å². The van der Waals surface area contributed by atoms with Gasteiger partial charge < -0.3 is 10.6 Å². The molecule has 1 saturated carbocycles. The number of rotatable bonds is 5. The molecule has 18 heavy (non-hydrogen) atoms. The number of nitrogens with two attached hydrogens (primary N) is 1. The zero-order valence-corrected chi connectivity index (χ0v) is 11.2. The highest BCUT2D eigenvalue weighted by Gasteiger charge is 2.41. The van der Waals surface area contributed by atoms with Gasteiger partial charge in [0.1, 0.15) is 0 Å². The third kappa shape index (κ3) is 2.91. The van der Waals surface area contributed by atoms with Crippen molar-refractivity contribution >= 4 is 11.6 Å². The van der Waals surface area contributed by atoms with Gasteiger partial charge in [0.05, 0.1) is 0 Å². The Morgan fingerprint density at radius 3 is 2.78 bits per heavy atom. The topological polar surface area (TPSA) is 46.3 Å². The van der Waals surface area contributed by atoms with Crippen molar-refractivity contribution in [2.75, 3.05) is 18.0 Å². The minimum atomic E-state index is 0.225. The highest BCUT2D eigenvalue weighted by atomic mass is 16.2. The van der Waals surface area contributed by atoms with Crippen molar-refractivity contribution < 1.29 is 4.79 Å². The first-order valence-electron chi connectivity index (χ1n) is 6.71. The van der Waals surface area contributed by atoms with E-state index in [0.29, 0.717) is 12.5 Å². The van der Waals surface area contributed by atoms with Gasteiger partial charge in [-0.05, 0) is 49.9 Å². The standard InChI is InChI=1S/C15H22N2O/c1-11-5-3-6-13(9-11)17(8-4-7-16)15(18)14-10-12(14)2/h3,5-6,9,12,14H,4,7-8,10,16H2,1-2H3. The second-order valence-electron chi connectivity index (χ2n) is 5.29. The van der Waals surface area contributed by atoms with Crippen LogP contribution in [0.25, 0.3) is 0 Å². The molecule has 0 heterocycles. The lowest BCUT2D eigenvalue weighted by atomic mass is 10.2. The summed E-state index contributed by atoms with van der Waals surface area (Å²) in [5.41, 5.74) is 7.76. The van der Waals surface area contributed by atoms with Gasteiger partial charge in [-0.3, -0.25) is 4.79 Å². The van der Waals surface area contributed by atoms with Crippen LogP contribution in [-0.4, -0.2) is 19.0 Å². The van der Waals surface area contributed by atoms with E-state index >= 15 is 0 Å². The Morgan fingerprint density at radius 1 is 1.50 bits per heavy atom. The van der Waals surface area contributed by atoms with Gasteiger partial charge in [-0.15, -0.1) is 0 Å². The van der Waals surface area contributed by atoms with E-state index in [2.05, 4.69) is 26.0 Å². The van der Waals surface area contributed by atoms with Crippen molar-refractivity contribution in [1.29, 1.82) is 0 Å². The number of nitrogens with zero attached hydrogens (tertiary/aromatic N) is 1. The summed E-state index contributed by atoms with van der Waals surface area (Å²) in [6.45, 7) is 5.53. The van der Waals surface area contributed by atoms with Gasteiger partial charge >= 0.3 is 0 Å². The lowest BCUT2D eigenvalue weighted by molar-refractivity contribution is -0.120. The fraction of sp³-hybridized carbons (Fsp3) is 0.533. The molecule has 1 aromatic carbocycles. The van der Waals surface area contributed by atoms with Crippen molar-refractivity contribution in [2.45, 2.75) is 26.7 Å². The van der Waals surface area contributed by atoms with E-state index < -0.39 is 0 Å². The zero-order valence-electron chi connectivity index (χ0n) is 11.2. The van der Waals surface area contributed by atoms with Crippen molar-refractivity contribution in [3.05, 3.63) is 29.8 Å². The zero-order chi connectivity index (χ0) is 13.1. The molecule has 2 unspecified atom stereocenters. The minimum absolute atomic E-state index is 0.225. The molecular formula is C15H22N2O. The number of amides is 1. The van der Waals surface area contributed by atoms with Crippen LogP contribution in [0.3, 0.4) is 0 Å². The first-order valence-corrected chi connectivity index (χ1v) is 6.71. The van der Waals surface area contributed by atoms with Gasteiger partial charge in [0.15, 0.2) is 0 Å². The second kappa shape index (κ2) is 5.53. The van der Waals surface area contributed by atoms with Crippen LogP contribution in [0, 0.1) is 18.8 Å². The van der Waals surface area contributed by atoms with Crippen LogP contribution in [-0.2, 0) is 4.79 Å². The molecule has 2 N–H and O–H groups in total. The number of aryl methyl sites for hydroxylation is 1. The lowest BCUT2D eigenvalue weighted by Crippen LogP contribution is -2.34. The summed E-state index contributed by atoms with van der Waals surface area (Å²) in [5.74, 6) is 1.03. The fourth-order valence-electron chi connectivity index (χ4n) is 2.28. The minimum Gasteiger partial charge on any atom is -0.330 e. The summed E-state index contributed by atoms with van der Waals surface area (Å²) in [7, 11) is 0. The Morgan fingerprint density at radius 2 is 2.22 bits per heavy atom. The quantitative estimate of drug-likeness (QED) is 0.866. The smallest absolute Gasteiger partial charge is 0.230 e. The normalized spacial score (nSPS) is 21.7. The van der Waals surface area contributed by atoms with E-state index in [1.54, 1.807) is 0 Å². The summed E-state index contributed by atoms with van der Waals surface area (Å²) >= 11 is 0. The van der Waals surface area contributed by atoms with Crippen LogP contribution in [0.15, 0.2) is 24.3 Å². The summed E-state index contributed by atoms with van der Waals surface area (Å²) in [6, 6.07) is 8.13. The van der Waals surface area contributed by atoms with Crippen molar-refractivity contribution in [3.63, 3.8) is 0 Å². The molecule has 1 aliphatic rings. The number of benzene rings is 1. The highest BCUT2D eigenvalue weighted by Crippen LogP contribution is 2.40. The number of carbonyl (C=O) groups excluding carboxylic acids is 1. The Kier molecular flexibility index (Phi) is 4.02. The van der Waals surface area contributed by atoms with E-state index in [4.69, 9.17) is 5.73 Å². The van der Waals surface area contributed by atoms with Gasteiger partial charge in [0, 0.05) is 18.2 Å². The first-order chi connectivity index (χ1) is 8.63. The Bertz CT molecular complexity index is 430. The van der Waals surface area contributed by atoms with Crippen molar-refractivity contribution in [3.8, 4) is 0 Å². The van der Waals surface area contributed by atoms with E-state index in [1.165, 1.54) is 5.56 Å². The van der Waals surface area contributed by atoms with Gasteiger partial charge in [0.2, 0.25) is 5.91 Å². The maximum atomic E-state index is 12.4. The molecular weight excluding hydrogens is 224 g/mol. The molecule has 0 radical (unpaired) electrons. The molecule has 1 fully saturated rings. The van der Waals surface area contributed by atoms with E-state index in [-0.39, 0.29) is 11.8 Å². The molecule has 2 rings (SSSR count). The SMILES string of the molecule is Cc1cccc(N(CCCN)C(=O)C2CC2C)c1. The molecule has 98 valence electrons. The van der Waals surface area contributed by atoms with Crippen LogP contribution in [0.4, 0.5) is 5.69 Å². The van der Waals surface area contributed by atoms with Crippen LogP contribution in [0.1, 0.15) is 25.3 Å². The summed E-state index contributed by atoms with van der Waals surface area (Å²) in [6.07, 6.45) is 1.88. The maximum Gasteiger partial charge on any atom is 0.230 e. The summed E-state index contributed by atoms with van der Waals surface area (Å²) in [4.78, 5) is 14.3. The van der Waals surface area contributed by atoms with Gasteiger partial charge in [-0.1, -0.05) is 19.1 Å². The molecule has 0 aromatic heterocycles. The molecule has 1 amide bonds. The molecule has 3 nitrogen and oxygen atoms in total.